The number of carboxylic acid groups (broad SMARTS) is 1. The van der Waals surface area contributed by atoms with Crippen LogP contribution < -0.4 is 0 Å². The minimum Gasteiger partial charge on any atom is -0.481 e. The van der Waals surface area contributed by atoms with Gasteiger partial charge in [-0.15, -0.1) is 0 Å². The van der Waals surface area contributed by atoms with Crippen LogP contribution in [-0.2, 0) is 28.9 Å². The summed E-state index contributed by atoms with van der Waals surface area (Å²) in [6.07, 6.45) is 0.112. The van der Waals surface area contributed by atoms with Crippen LogP contribution in [0.25, 0.3) is 11.0 Å². The van der Waals surface area contributed by atoms with Gasteiger partial charge in [0.25, 0.3) is 0 Å². The molecule has 1 aromatic carbocycles. The van der Waals surface area contributed by atoms with E-state index in [1.807, 2.05) is 32.9 Å². The van der Waals surface area contributed by atoms with Crippen LogP contribution in [0.3, 0.4) is 0 Å². The van der Waals surface area contributed by atoms with Crippen LogP contribution in [-0.4, -0.2) is 39.4 Å². The Morgan fingerprint density at radius 1 is 1.38 bits per heavy atom. The Labute approximate surface area is 139 Å². The monoisotopic (exact) mass is 332 g/mol. The quantitative estimate of drug-likeness (QED) is 0.909. The number of aliphatic carboxylic acids is 1. The summed E-state index contributed by atoms with van der Waals surface area (Å²) < 4.78 is 10.8. The molecule has 2 aromatic rings. The molecule has 7 heteroatoms. The van der Waals surface area contributed by atoms with Gasteiger partial charge in [-0.3, -0.25) is 4.79 Å². The minimum absolute atomic E-state index is 0.171. The first kappa shape index (κ1) is 16.3. The Morgan fingerprint density at radius 3 is 2.79 bits per heavy atom. The zero-order valence-electron chi connectivity index (χ0n) is 14.0. The van der Waals surface area contributed by atoms with Crippen LogP contribution in [0.5, 0.6) is 0 Å². The Bertz CT molecular complexity index is 803. The van der Waals surface area contributed by atoms with Crippen molar-refractivity contribution in [2.75, 3.05) is 6.54 Å². The van der Waals surface area contributed by atoms with Crippen LogP contribution >= 0.6 is 0 Å². The zero-order valence-corrected chi connectivity index (χ0v) is 14.0. The van der Waals surface area contributed by atoms with E-state index in [1.165, 1.54) is 0 Å². The first-order chi connectivity index (χ1) is 11.2. The molecule has 0 radical (unpaired) electrons. The molecule has 0 fully saturated rings. The van der Waals surface area contributed by atoms with E-state index in [0.717, 1.165) is 16.5 Å². The largest absolute Gasteiger partial charge is 0.481 e. The van der Waals surface area contributed by atoms with Crippen molar-refractivity contribution in [2.24, 2.45) is 0 Å². The molecular formula is C17H20N2O5. The average Bonchev–Trinajstić information content (AvgIpc) is 2.87. The van der Waals surface area contributed by atoms with Gasteiger partial charge in [0, 0.05) is 24.0 Å². The number of amides is 1. The van der Waals surface area contributed by atoms with E-state index in [-0.39, 0.29) is 12.5 Å². The third kappa shape index (κ3) is 3.20. The number of carbonyl (C=O) groups is 2. The molecule has 1 aromatic heterocycles. The van der Waals surface area contributed by atoms with E-state index in [2.05, 4.69) is 5.16 Å². The van der Waals surface area contributed by atoms with Crippen molar-refractivity contribution >= 4 is 23.0 Å². The number of nitrogens with zero attached hydrogens (tertiary/aromatic N) is 2. The predicted molar refractivity (Wildman–Crippen MR) is 85.7 cm³/mol. The predicted octanol–water partition coefficient (Wildman–Crippen LogP) is 2.75. The number of rotatable bonds is 2. The Balaban J connectivity index is 1.86. The zero-order chi connectivity index (χ0) is 17.5. The Kier molecular flexibility index (Phi) is 3.95. The maximum atomic E-state index is 12.2. The van der Waals surface area contributed by atoms with Crippen LogP contribution in [0.15, 0.2) is 16.7 Å². The normalized spacial score (nSPS) is 14.5. The highest BCUT2D eigenvalue weighted by molar-refractivity contribution is 5.87. The number of fused-ring (bicyclic) bond motifs is 3. The van der Waals surface area contributed by atoms with Gasteiger partial charge in [-0.1, -0.05) is 11.2 Å². The minimum atomic E-state index is -0.945. The summed E-state index contributed by atoms with van der Waals surface area (Å²) in [4.78, 5) is 24.8. The van der Waals surface area contributed by atoms with E-state index in [9.17, 15) is 9.59 Å². The molecule has 128 valence electrons. The van der Waals surface area contributed by atoms with Crippen molar-refractivity contribution in [3.8, 4) is 0 Å². The van der Waals surface area contributed by atoms with Crippen molar-refractivity contribution in [1.82, 2.24) is 10.1 Å². The number of ether oxygens (including phenoxy) is 1. The number of carbonyl (C=O) groups excluding carboxylic acids is 1. The van der Waals surface area contributed by atoms with Crippen molar-refractivity contribution in [1.29, 1.82) is 0 Å². The summed E-state index contributed by atoms with van der Waals surface area (Å²) in [5.74, 6) is -0.945. The molecular weight excluding hydrogens is 312 g/mol. The molecule has 0 aliphatic carbocycles. The fraction of sp³-hybridized carbons (Fsp3) is 0.471. The molecule has 24 heavy (non-hydrogen) atoms. The first-order valence-electron chi connectivity index (χ1n) is 7.83. The summed E-state index contributed by atoms with van der Waals surface area (Å²) in [6, 6.07) is 3.71. The summed E-state index contributed by atoms with van der Waals surface area (Å²) >= 11 is 0. The van der Waals surface area contributed by atoms with Gasteiger partial charge in [0.15, 0.2) is 5.58 Å². The molecule has 0 bridgehead atoms. The van der Waals surface area contributed by atoms with E-state index in [1.54, 1.807) is 4.90 Å². The highest BCUT2D eigenvalue weighted by Crippen LogP contribution is 2.30. The highest BCUT2D eigenvalue weighted by atomic mass is 16.6. The number of hydrogen-bond donors (Lipinski definition) is 1. The van der Waals surface area contributed by atoms with E-state index < -0.39 is 11.6 Å². The standard InChI is InChI=1S/C17H20N2O5/c1-17(2,3)23-16(22)19-7-6-11-10(9-19)4-5-12-13(8-14(20)21)18-24-15(11)12/h4-5H,6-9H2,1-3H3,(H,20,21). The second kappa shape index (κ2) is 5.81. The number of benzene rings is 1. The third-order valence-electron chi connectivity index (χ3n) is 3.88. The fourth-order valence-corrected chi connectivity index (χ4v) is 2.86. The molecule has 1 amide bonds. The fourth-order valence-electron chi connectivity index (χ4n) is 2.86. The number of carboxylic acids is 1. The van der Waals surface area contributed by atoms with Gasteiger partial charge >= 0.3 is 12.1 Å². The summed E-state index contributed by atoms with van der Waals surface area (Å²) in [6.45, 7) is 6.48. The Hall–Kier alpha value is -2.57. The molecule has 0 atom stereocenters. The van der Waals surface area contributed by atoms with Crippen molar-refractivity contribution in [3.05, 3.63) is 29.0 Å². The topological polar surface area (TPSA) is 92.9 Å². The van der Waals surface area contributed by atoms with Gasteiger partial charge in [0.05, 0.1) is 6.42 Å². The van der Waals surface area contributed by atoms with Crippen LogP contribution in [0.2, 0.25) is 0 Å². The maximum Gasteiger partial charge on any atom is 0.410 e. The highest BCUT2D eigenvalue weighted by Gasteiger charge is 2.28. The second-order valence-electron chi connectivity index (χ2n) is 6.93. The molecule has 0 unspecified atom stereocenters. The van der Waals surface area contributed by atoms with Crippen molar-refractivity contribution < 1.29 is 24.0 Å². The van der Waals surface area contributed by atoms with Gasteiger partial charge in [-0.05, 0) is 38.8 Å². The molecule has 1 aliphatic heterocycles. The summed E-state index contributed by atoms with van der Waals surface area (Å²) in [5.41, 5.74) is 2.47. The molecule has 1 aliphatic rings. The van der Waals surface area contributed by atoms with Gasteiger partial charge in [0.1, 0.15) is 11.3 Å². The SMILES string of the molecule is CC(C)(C)OC(=O)N1CCc2c(ccc3c(CC(=O)O)noc23)C1. The molecule has 0 saturated heterocycles. The second-order valence-corrected chi connectivity index (χ2v) is 6.93. The van der Waals surface area contributed by atoms with E-state index in [4.69, 9.17) is 14.4 Å². The first-order valence-corrected chi connectivity index (χ1v) is 7.83. The smallest absolute Gasteiger partial charge is 0.410 e. The molecule has 0 saturated carbocycles. The molecule has 7 nitrogen and oxygen atoms in total. The lowest BCUT2D eigenvalue weighted by Gasteiger charge is -2.31. The van der Waals surface area contributed by atoms with Crippen LogP contribution in [0.4, 0.5) is 4.79 Å². The van der Waals surface area contributed by atoms with Gasteiger partial charge in [-0.2, -0.15) is 0 Å². The summed E-state index contributed by atoms with van der Waals surface area (Å²) in [5, 5.41) is 13.5. The molecule has 2 heterocycles. The van der Waals surface area contributed by atoms with E-state index in [0.29, 0.717) is 30.8 Å². The lowest BCUT2D eigenvalue weighted by Crippen LogP contribution is -2.39. The molecule has 3 rings (SSSR count). The maximum absolute atomic E-state index is 12.2. The van der Waals surface area contributed by atoms with E-state index >= 15 is 0 Å². The lowest BCUT2D eigenvalue weighted by molar-refractivity contribution is -0.136. The summed E-state index contributed by atoms with van der Waals surface area (Å²) in [7, 11) is 0. The average molecular weight is 332 g/mol. The molecule has 1 N–H and O–H groups in total. The van der Waals surface area contributed by atoms with Crippen LogP contribution in [0, 0.1) is 0 Å². The lowest BCUT2D eigenvalue weighted by atomic mass is 9.97. The number of aromatic nitrogens is 1. The molecule has 0 spiro atoms. The van der Waals surface area contributed by atoms with Gasteiger partial charge < -0.3 is 19.3 Å². The van der Waals surface area contributed by atoms with Crippen LogP contribution in [0.1, 0.15) is 37.6 Å². The Morgan fingerprint density at radius 2 is 2.12 bits per heavy atom. The van der Waals surface area contributed by atoms with Crippen molar-refractivity contribution in [3.63, 3.8) is 0 Å². The third-order valence-corrected chi connectivity index (χ3v) is 3.88. The van der Waals surface area contributed by atoms with Crippen molar-refractivity contribution in [2.45, 2.75) is 45.8 Å². The van der Waals surface area contributed by atoms with Gasteiger partial charge in [0.2, 0.25) is 0 Å². The van der Waals surface area contributed by atoms with Gasteiger partial charge in [-0.25, -0.2) is 4.79 Å². The number of hydrogen-bond acceptors (Lipinski definition) is 5.